The molecule has 3 rings (SSSR count). The topological polar surface area (TPSA) is 47.4 Å². The highest BCUT2D eigenvalue weighted by atomic mass is 19.3. The first-order chi connectivity index (χ1) is 11.9. The van der Waals surface area contributed by atoms with Gasteiger partial charge in [-0.15, -0.1) is 0 Å². The molecule has 1 aliphatic heterocycles. The highest BCUT2D eigenvalue weighted by molar-refractivity contribution is 5.88. The van der Waals surface area contributed by atoms with Crippen molar-refractivity contribution in [2.24, 2.45) is 0 Å². The molecule has 5 nitrogen and oxygen atoms in total. The molecule has 2 heterocycles. The highest BCUT2D eigenvalue weighted by Crippen LogP contribution is 2.35. The Hall–Kier alpha value is -2.77. The smallest absolute Gasteiger partial charge is 0.358 e. The number of anilines is 1. The molecule has 1 fully saturated rings. The number of hydrogen-bond acceptors (Lipinski definition) is 4. The number of ether oxygens (including phenoxy) is 1. The average molecular weight is 351 g/mol. The fourth-order valence-corrected chi connectivity index (χ4v) is 2.68. The van der Waals surface area contributed by atoms with Gasteiger partial charge in [-0.2, -0.15) is 13.9 Å². The van der Waals surface area contributed by atoms with Crippen LogP contribution in [0.1, 0.15) is 24.3 Å². The summed E-state index contributed by atoms with van der Waals surface area (Å²) in [5.74, 6) is -0.553. The molecule has 0 unspecified atom stereocenters. The molecule has 1 aliphatic rings. The number of carbonyl (C=O) groups excluding carboxylic acids is 1. The van der Waals surface area contributed by atoms with Gasteiger partial charge in [0.2, 0.25) is 0 Å². The van der Waals surface area contributed by atoms with Crippen LogP contribution in [0, 0.1) is 5.82 Å². The van der Waals surface area contributed by atoms with Crippen LogP contribution >= 0.6 is 0 Å². The lowest BCUT2D eigenvalue weighted by molar-refractivity contribution is 0.0519. The average Bonchev–Trinajstić information content (AvgIpc) is 2.99. The van der Waals surface area contributed by atoms with Gasteiger partial charge in [0.15, 0.2) is 5.69 Å². The summed E-state index contributed by atoms with van der Waals surface area (Å²) in [7, 11) is 0. The number of nitrogens with zero attached hydrogens (tertiary/aromatic N) is 3. The van der Waals surface area contributed by atoms with Crippen LogP contribution in [0.3, 0.4) is 0 Å². The fraction of sp³-hybridized carbons (Fsp3) is 0.294. The Morgan fingerprint density at radius 3 is 2.56 bits per heavy atom. The zero-order chi connectivity index (χ0) is 18.1. The van der Waals surface area contributed by atoms with Crippen LogP contribution in [0.15, 0.2) is 42.0 Å². The van der Waals surface area contributed by atoms with Crippen molar-refractivity contribution in [2.75, 3.05) is 18.1 Å². The first kappa shape index (κ1) is 17.1. The predicted octanol–water partition coefficient (Wildman–Crippen LogP) is 3.55. The normalized spacial score (nSPS) is 16.6. The summed E-state index contributed by atoms with van der Waals surface area (Å²) in [6, 6.07) is 6.49. The second-order valence-electron chi connectivity index (χ2n) is 5.59. The van der Waals surface area contributed by atoms with E-state index in [-0.39, 0.29) is 24.4 Å². The van der Waals surface area contributed by atoms with Crippen molar-refractivity contribution < 1.29 is 22.7 Å². The van der Waals surface area contributed by atoms with Crippen molar-refractivity contribution in [1.82, 2.24) is 9.78 Å². The molecule has 0 aliphatic carbocycles. The molecule has 0 saturated carbocycles. The van der Waals surface area contributed by atoms with Crippen LogP contribution in [0.2, 0.25) is 0 Å². The van der Waals surface area contributed by atoms with Gasteiger partial charge in [0, 0.05) is 18.2 Å². The number of carbonyl (C=O) groups is 1. The van der Waals surface area contributed by atoms with E-state index in [0.29, 0.717) is 11.5 Å². The summed E-state index contributed by atoms with van der Waals surface area (Å²) < 4.78 is 45.2. The predicted molar refractivity (Wildman–Crippen MR) is 85.5 cm³/mol. The Morgan fingerprint density at radius 1 is 1.32 bits per heavy atom. The van der Waals surface area contributed by atoms with Gasteiger partial charge in [-0.05, 0) is 38.1 Å². The Morgan fingerprint density at radius 2 is 2.00 bits per heavy atom. The van der Waals surface area contributed by atoms with Crippen molar-refractivity contribution in [3.63, 3.8) is 0 Å². The maximum absolute atomic E-state index is 13.2. The molecule has 0 amide bonds. The van der Waals surface area contributed by atoms with E-state index in [1.165, 1.54) is 35.0 Å². The molecular formula is C17H16F3N3O2. The minimum Gasteiger partial charge on any atom is -0.461 e. The molecule has 2 aromatic rings. The lowest BCUT2D eigenvalue weighted by Crippen LogP contribution is -2.49. The van der Waals surface area contributed by atoms with Crippen LogP contribution in [0.5, 0.6) is 0 Å². The van der Waals surface area contributed by atoms with Gasteiger partial charge in [0.25, 0.3) is 6.08 Å². The largest absolute Gasteiger partial charge is 0.461 e. The highest BCUT2D eigenvalue weighted by Gasteiger charge is 2.36. The first-order valence-corrected chi connectivity index (χ1v) is 7.76. The van der Waals surface area contributed by atoms with Crippen molar-refractivity contribution in [1.29, 1.82) is 0 Å². The second-order valence-corrected chi connectivity index (χ2v) is 5.59. The van der Waals surface area contributed by atoms with Crippen LogP contribution in [-0.2, 0) is 4.74 Å². The Bertz CT molecular complexity index is 826. The zero-order valence-corrected chi connectivity index (χ0v) is 13.7. The molecule has 1 aromatic heterocycles. The molecule has 1 aromatic carbocycles. The molecular weight excluding hydrogens is 335 g/mol. The van der Waals surface area contributed by atoms with E-state index in [1.807, 2.05) is 0 Å². The monoisotopic (exact) mass is 351 g/mol. The Kier molecular flexibility index (Phi) is 4.52. The fourth-order valence-electron chi connectivity index (χ4n) is 2.68. The number of halogens is 3. The maximum atomic E-state index is 13.2. The quantitative estimate of drug-likeness (QED) is 0.791. The molecule has 0 bridgehead atoms. The van der Waals surface area contributed by atoms with Crippen LogP contribution < -0.4 is 4.90 Å². The molecule has 25 heavy (non-hydrogen) atoms. The van der Waals surface area contributed by atoms with Gasteiger partial charge in [-0.3, -0.25) is 0 Å². The van der Waals surface area contributed by atoms with Crippen LogP contribution in [0.25, 0.3) is 5.69 Å². The van der Waals surface area contributed by atoms with Crippen molar-refractivity contribution in [3.8, 4) is 5.69 Å². The van der Waals surface area contributed by atoms with Crippen LogP contribution in [0.4, 0.5) is 19.0 Å². The third kappa shape index (κ3) is 3.11. The molecule has 0 spiro atoms. The minimum absolute atomic E-state index is 0.0403. The minimum atomic E-state index is -1.69. The van der Waals surface area contributed by atoms with E-state index in [0.717, 1.165) is 0 Å². The van der Waals surface area contributed by atoms with Gasteiger partial charge < -0.3 is 9.64 Å². The van der Waals surface area contributed by atoms with E-state index in [1.54, 1.807) is 18.7 Å². The van der Waals surface area contributed by atoms with Gasteiger partial charge in [-0.1, -0.05) is 0 Å². The van der Waals surface area contributed by atoms with E-state index >= 15 is 0 Å². The lowest BCUT2D eigenvalue weighted by Gasteiger charge is -2.42. The number of esters is 1. The van der Waals surface area contributed by atoms with E-state index in [9.17, 15) is 18.0 Å². The first-order valence-electron chi connectivity index (χ1n) is 7.76. The summed E-state index contributed by atoms with van der Waals surface area (Å²) in [4.78, 5) is 13.7. The van der Waals surface area contributed by atoms with E-state index in [4.69, 9.17) is 4.74 Å². The third-order valence-corrected chi connectivity index (χ3v) is 4.10. The van der Waals surface area contributed by atoms with Gasteiger partial charge in [0.05, 0.1) is 18.3 Å². The summed E-state index contributed by atoms with van der Waals surface area (Å²) in [6.07, 6.45) is -1.69. The maximum Gasteiger partial charge on any atom is 0.358 e. The molecule has 0 N–H and O–H groups in total. The molecule has 1 atom stereocenters. The van der Waals surface area contributed by atoms with Crippen LogP contribution in [-0.4, -0.2) is 34.9 Å². The molecule has 1 saturated heterocycles. The SMILES string of the molecule is CCOC(=O)c1cc(N2CC(=C(F)F)[C@H]2C)n(-c2ccc(F)cc2)n1. The Balaban J connectivity index is 2.02. The van der Waals surface area contributed by atoms with E-state index in [2.05, 4.69) is 5.10 Å². The summed E-state index contributed by atoms with van der Waals surface area (Å²) in [6.45, 7) is 3.55. The third-order valence-electron chi connectivity index (χ3n) is 4.10. The summed E-state index contributed by atoms with van der Waals surface area (Å²) in [5, 5.41) is 4.21. The number of rotatable bonds is 4. The van der Waals surface area contributed by atoms with Crippen molar-refractivity contribution in [3.05, 3.63) is 53.5 Å². The number of hydrogen-bond donors (Lipinski definition) is 0. The van der Waals surface area contributed by atoms with E-state index < -0.39 is 23.9 Å². The lowest BCUT2D eigenvalue weighted by atomic mass is 9.98. The molecule has 132 valence electrons. The second kappa shape index (κ2) is 6.62. The number of aromatic nitrogens is 2. The van der Waals surface area contributed by atoms with Gasteiger partial charge in [0.1, 0.15) is 11.6 Å². The standard InChI is InChI=1S/C17H16F3N3O2/c1-3-25-17(24)14-8-15(22-9-13(10(22)2)16(19)20)23(21-14)12-6-4-11(18)5-7-12/h4-8,10H,3,9H2,1-2H3/t10-/m1/s1. The van der Waals surface area contributed by atoms with Crippen molar-refractivity contribution >= 4 is 11.8 Å². The zero-order valence-electron chi connectivity index (χ0n) is 13.7. The van der Waals surface area contributed by atoms with Gasteiger partial charge in [-0.25, -0.2) is 13.9 Å². The summed E-state index contributed by atoms with van der Waals surface area (Å²) in [5.41, 5.74) is 0.619. The van der Waals surface area contributed by atoms with Gasteiger partial charge >= 0.3 is 5.97 Å². The number of benzene rings is 1. The Labute approximate surface area is 142 Å². The molecule has 8 heteroatoms. The summed E-state index contributed by atoms with van der Waals surface area (Å²) >= 11 is 0. The van der Waals surface area contributed by atoms with Crippen molar-refractivity contribution in [2.45, 2.75) is 19.9 Å². The molecule has 0 radical (unpaired) electrons.